The number of esters is 1. The van der Waals surface area contributed by atoms with Gasteiger partial charge in [-0.05, 0) is 16.4 Å². The number of unbranched alkanes of at least 4 members (excludes halogenated alkanes) is 1. The molecule has 1 aliphatic rings. The van der Waals surface area contributed by atoms with E-state index in [1.54, 1.807) is 0 Å². The first-order valence-corrected chi connectivity index (χ1v) is 10.9. The highest BCUT2D eigenvalue weighted by atomic mass is 28.4. The van der Waals surface area contributed by atoms with E-state index in [2.05, 4.69) is 55.5 Å². The Bertz CT molecular complexity index is 635. The Morgan fingerprint density at radius 2 is 1.64 bits per heavy atom. The van der Waals surface area contributed by atoms with Crippen molar-refractivity contribution in [3.05, 3.63) is 60.7 Å². The third kappa shape index (κ3) is 4.18. The number of hydrogen-bond acceptors (Lipinski definition) is 4. The zero-order chi connectivity index (χ0) is 17.5. The van der Waals surface area contributed by atoms with Crippen LogP contribution in [0, 0.1) is 0 Å². The van der Waals surface area contributed by atoms with Crippen LogP contribution in [0.4, 0.5) is 0 Å². The molecule has 2 aromatic rings. The standard InChI is InChI=1S/C20H24O4Si/c1-2-3-14-25(17-10-6-4-7-11-17,18-12-8-5-9-13-18)23-16-20-22-15-19(21)24-20/h4-13,20H,2-3,14-16H2,1H3. The molecule has 0 radical (unpaired) electrons. The maximum Gasteiger partial charge on any atom is 0.334 e. The zero-order valence-corrected chi connectivity index (χ0v) is 15.5. The van der Waals surface area contributed by atoms with Gasteiger partial charge in [0.2, 0.25) is 6.29 Å². The second-order valence-corrected chi connectivity index (χ2v) is 9.80. The minimum atomic E-state index is -2.43. The molecule has 5 heteroatoms. The summed E-state index contributed by atoms with van der Waals surface area (Å²) >= 11 is 0. The molecule has 1 saturated heterocycles. The summed E-state index contributed by atoms with van der Waals surface area (Å²) in [5.74, 6) is -0.325. The fourth-order valence-corrected chi connectivity index (χ4v) is 7.32. The molecule has 1 atom stereocenters. The highest BCUT2D eigenvalue weighted by Crippen LogP contribution is 2.19. The van der Waals surface area contributed by atoms with Crippen LogP contribution in [0.5, 0.6) is 0 Å². The summed E-state index contributed by atoms with van der Waals surface area (Å²) in [6.07, 6.45) is 1.59. The van der Waals surface area contributed by atoms with Crippen LogP contribution in [0.2, 0.25) is 6.04 Å². The highest BCUT2D eigenvalue weighted by Gasteiger charge is 2.40. The largest absolute Gasteiger partial charge is 0.432 e. The third-order valence-electron chi connectivity index (χ3n) is 4.48. The smallest absolute Gasteiger partial charge is 0.334 e. The molecule has 0 aromatic heterocycles. The van der Waals surface area contributed by atoms with E-state index in [1.807, 2.05) is 12.1 Å². The summed E-state index contributed by atoms with van der Waals surface area (Å²) in [6, 6.07) is 21.9. The molecule has 2 aromatic carbocycles. The topological polar surface area (TPSA) is 44.8 Å². The first kappa shape index (κ1) is 17.9. The van der Waals surface area contributed by atoms with Gasteiger partial charge in [-0.2, -0.15) is 0 Å². The monoisotopic (exact) mass is 356 g/mol. The van der Waals surface area contributed by atoms with Gasteiger partial charge < -0.3 is 13.9 Å². The van der Waals surface area contributed by atoms with Crippen molar-refractivity contribution in [2.45, 2.75) is 32.1 Å². The summed E-state index contributed by atoms with van der Waals surface area (Å²) in [5, 5.41) is 2.47. The van der Waals surface area contributed by atoms with Crippen LogP contribution in [0.3, 0.4) is 0 Å². The van der Waals surface area contributed by atoms with E-state index in [9.17, 15) is 4.79 Å². The number of cyclic esters (lactones) is 1. The lowest BCUT2D eigenvalue weighted by atomic mass is 10.4. The van der Waals surface area contributed by atoms with E-state index in [4.69, 9.17) is 13.9 Å². The molecular weight excluding hydrogens is 332 g/mol. The summed E-state index contributed by atoms with van der Waals surface area (Å²) in [6.45, 7) is 2.47. The average molecular weight is 356 g/mol. The molecule has 1 heterocycles. The summed E-state index contributed by atoms with van der Waals surface area (Å²) in [5.41, 5.74) is 0. The van der Waals surface area contributed by atoms with Gasteiger partial charge in [0, 0.05) is 0 Å². The van der Waals surface area contributed by atoms with Crippen LogP contribution < -0.4 is 10.4 Å². The molecule has 0 aliphatic carbocycles. The summed E-state index contributed by atoms with van der Waals surface area (Å²) < 4.78 is 17.1. The molecule has 1 aliphatic heterocycles. The Balaban J connectivity index is 1.94. The second-order valence-electron chi connectivity index (χ2n) is 6.20. The number of rotatable bonds is 8. The number of ether oxygens (including phenoxy) is 2. The molecule has 0 bridgehead atoms. The first-order chi connectivity index (χ1) is 12.2. The number of hydrogen-bond donors (Lipinski definition) is 0. The highest BCUT2D eigenvalue weighted by molar-refractivity contribution is 6.97. The minimum Gasteiger partial charge on any atom is -0.432 e. The summed E-state index contributed by atoms with van der Waals surface area (Å²) in [4.78, 5) is 11.3. The van der Waals surface area contributed by atoms with E-state index >= 15 is 0 Å². The minimum absolute atomic E-state index is 0.00815. The van der Waals surface area contributed by atoms with Crippen molar-refractivity contribution in [2.75, 3.05) is 13.2 Å². The SMILES string of the molecule is CCCC[Si](OCC1OCC(=O)O1)(c1ccccc1)c1ccccc1. The quantitative estimate of drug-likeness (QED) is 0.538. The Hall–Kier alpha value is -1.95. The van der Waals surface area contributed by atoms with Gasteiger partial charge in [0.15, 0.2) is 0 Å². The Morgan fingerprint density at radius 1 is 1.04 bits per heavy atom. The van der Waals surface area contributed by atoms with Crippen molar-refractivity contribution in [2.24, 2.45) is 0 Å². The van der Waals surface area contributed by atoms with Crippen LogP contribution in [-0.2, 0) is 18.7 Å². The van der Waals surface area contributed by atoms with Gasteiger partial charge in [0.1, 0.15) is 6.61 Å². The molecule has 25 heavy (non-hydrogen) atoms. The van der Waals surface area contributed by atoms with Crippen molar-refractivity contribution in [1.29, 1.82) is 0 Å². The normalized spacial score (nSPS) is 17.5. The van der Waals surface area contributed by atoms with Crippen LogP contribution >= 0.6 is 0 Å². The van der Waals surface area contributed by atoms with Crippen molar-refractivity contribution in [3.8, 4) is 0 Å². The van der Waals surface area contributed by atoms with Gasteiger partial charge in [-0.25, -0.2) is 4.79 Å². The van der Waals surface area contributed by atoms with E-state index in [-0.39, 0.29) is 19.2 Å². The molecule has 4 nitrogen and oxygen atoms in total. The van der Waals surface area contributed by atoms with Gasteiger partial charge in [0.25, 0.3) is 8.32 Å². The van der Waals surface area contributed by atoms with Crippen LogP contribution in [0.25, 0.3) is 0 Å². The van der Waals surface area contributed by atoms with E-state index in [0.717, 1.165) is 18.9 Å². The van der Waals surface area contributed by atoms with Crippen LogP contribution in [0.1, 0.15) is 19.8 Å². The van der Waals surface area contributed by atoms with E-state index in [0.29, 0.717) is 0 Å². The Morgan fingerprint density at radius 3 is 2.12 bits per heavy atom. The third-order valence-corrected chi connectivity index (χ3v) is 8.73. The lowest BCUT2D eigenvalue weighted by Crippen LogP contribution is -2.61. The van der Waals surface area contributed by atoms with E-state index < -0.39 is 14.6 Å². The van der Waals surface area contributed by atoms with Gasteiger partial charge in [-0.3, -0.25) is 0 Å². The lowest BCUT2D eigenvalue weighted by Gasteiger charge is -2.33. The fourth-order valence-electron chi connectivity index (χ4n) is 3.20. The lowest BCUT2D eigenvalue weighted by molar-refractivity contribution is -0.145. The van der Waals surface area contributed by atoms with Crippen molar-refractivity contribution in [1.82, 2.24) is 0 Å². The molecule has 0 N–H and O–H groups in total. The first-order valence-electron chi connectivity index (χ1n) is 8.80. The maximum atomic E-state index is 11.3. The van der Waals surface area contributed by atoms with Crippen molar-refractivity contribution < 1.29 is 18.7 Å². The number of carbonyl (C=O) groups excluding carboxylic acids is 1. The number of benzene rings is 2. The Kier molecular flexibility index (Phi) is 6.02. The predicted octanol–water partition coefficient (Wildman–Crippen LogP) is 2.46. The molecule has 1 fully saturated rings. The van der Waals surface area contributed by atoms with Gasteiger partial charge in [-0.15, -0.1) is 0 Å². The van der Waals surface area contributed by atoms with Gasteiger partial charge in [-0.1, -0.05) is 80.4 Å². The molecular formula is C20H24O4Si. The molecule has 0 amide bonds. The Labute approximate surface area is 149 Å². The molecule has 3 rings (SSSR count). The summed E-state index contributed by atoms with van der Waals surface area (Å²) in [7, 11) is -2.43. The van der Waals surface area contributed by atoms with Crippen LogP contribution in [-0.4, -0.2) is 33.8 Å². The van der Waals surface area contributed by atoms with Crippen molar-refractivity contribution in [3.63, 3.8) is 0 Å². The molecule has 1 unspecified atom stereocenters. The maximum absolute atomic E-state index is 11.3. The van der Waals surface area contributed by atoms with E-state index in [1.165, 1.54) is 10.4 Å². The van der Waals surface area contributed by atoms with Crippen molar-refractivity contribution >= 4 is 24.7 Å². The zero-order valence-electron chi connectivity index (χ0n) is 14.5. The predicted molar refractivity (Wildman–Crippen MR) is 99.4 cm³/mol. The van der Waals surface area contributed by atoms with Crippen LogP contribution in [0.15, 0.2) is 60.7 Å². The second kappa shape index (κ2) is 8.42. The fraction of sp³-hybridized carbons (Fsp3) is 0.350. The average Bonchev–Trinajstić information content (AvgIpc) is 3.09. The van der Waals surface area contributed by atoms with Gasteiger partial charge >= 0.3 is 5.97 Å². The molecule has 0 spiro atoms. The van der Waals surface area contributed by atoms with Gasteiger partial charge in [0.05, 0.1) is 6.61 Å². The molecule has 0 saturated carbocycles. The molecule has 132 valence electrons. The number of carbonyl (C=O) groups is 1.